The summed E-state index contributed by atoms with van der Waals surface area (Å²) in [6, 6.07) is 10.0. The summed E-state index contributed by atoms with van der Waals surface area (Å²) in [4.78, 5) is 39.2. The van der Waals surface area contributed by atoms with E-state index in [2.05, 4.69) is 26.0 Å². The first-order chi connectivity index (χ1) is 13.3. The number of carboxylic acids is 1. The number of hydrogen-bond acceptors (Lipinski definition) is 3. The van der Waals surface area contributed by atoms with Gasteiger partial charge in [-0.25, -0.2) is 0 Å². The fourth-order valence-electron chi connectivity index (χ4n) is 4.04. The standard InChI is InChI=1S/C22H32N2O4/c1-16(2)20(18-8-5-4-6-9-18)14-21(26)23-12-7-10-19(11-13-23)24(17(3)25)15-22(27)28/h4-6,8-9,16,19-20H,7,10-15H2,1-3H3,(H,27,28). The van der Waals surface area contributed by atoms with Gasteiger partial charge in [-0.3, -0.25) is 14.4 Å². The number of likely N-dealkylation sites (tertiary alicyclic amines) is 1. The highest BCUT2D eigenvalue weighted by molar-refractivity contribution is 5.80. The lowest BCUT2D eigenvalue weighted by Gasteiger charge is -2.29. The molecular weight excluding hydrogens is 356 g/mol. The van der Waals surface area contributed by atoms with Gasteiger partial charge >= 0.3 is 5.97 Å². The van der Waals surface area contributed by atoms with Crippen LogP contribution in [0.3, 0.4) is 0 Å². The average molecular weight is 389 g/mol. The summed E-state index contributed by atoms with van der Waals surface area (Å²) in [6.45, 7) is 6.63. The third kappa shape index (κ3) is 6.08. The number of carbonyl (C=O) groups excluding carboxylic acids is 2. The number of carbonyl (C=O) groups is 3. The van der Waals surface area contributed by atoms with E-state index in [9.17, 15) is 14.4 Å². The van der Waals surface area contributed by atoms with E-state index in [1.165, 1.54) is 17.4 Å². The zero-order valence-electron chi connectivity index (χ0n) is 17.1. The molecule has 6 heteroatoms. The van der Waals surface area contributed by atoms with Crippen LogP contribution in [0.4, 0.5) is 0 Å². The van der Waals surface area contributed by atoms with E-state index in [0.717, 1.165) is 12.8 Å². The topological polar surface area (TPSA) is 77.9 Å². The fraction of sp³-hybridized carbons (Fsp3) is 0.591. The van der Waals surface area contributed by atoms with Crippen LogP contribution in [-0.2, 0) is 14.4 Å². The minimum atomic E-state index is -1.00. The van der Waals surface area contributed by atoms with E-state index in [-0.39, 0.29) is 30.3 Å². The third-order valence-corrected chi connectivity index (χ3v) is 5.63. The Balaban J connectivity index is 2.01. The van der Waals surface area contributed by atoms with Crippen molar-refractivity contribution in [3.63, 3.8) is 0 Å². The van der Waals surface area contributed by atoms with E-state index < -0.39 is 5.97 Å². The van der Waals surface area contributed by atoms with E-state index in [1.54, 1.807) is 0 Å². The van der Waals surface area contributed by atoms with Gasteiger partial charge in [-0.15, -0.1) is 0 Å². The average Bonchev–Trinajstić information content (AvgIpc) is 2.90. The Bertz CT molecular complexity index is 674. The molecule has 1 N–H and O–H groups in total. The molecule has 28 heavy (non-hydrogen) atoms. The largest absolute Gasteiger partial charge is 0.480 e. The predicted octanol–water partition coefficient (Wildman–Crippen LogP) is 3.13. The highest BCUT2D eigenvalue weighted by atomic mass is 16.4. The normalized spacial score (nSPS) is 18.4. The van der Waals surface area contributed by atoms with Gasteiger partial charge in [0.05, 0.1) is 0 Å². The number of nitrogens with zero attached hydrogens (tertiary/aromatic N) is 2. The zero-order valence-corrected chi connectivity index (χ0v) is 17.1. The summed E-state index contributed by atoms with van der Waals surface area (Å²) in [5.41, 5.74) is 1.18. The highest BCUT2D eigenvalue weighted by Gasteiger charge is 2.29. The van der Waals surface area contributed by atoms with Crippen molar-refractivity contribution in [1.82, 2.24) is 9.80 Å². The molecule has 1 aliphatic heterocycles. The summed E-state index contributed by atoms with van der Waals surface area (Å²) < 4.78 is 0. The molecule has 2 atom stereocenters. The summed E-state index contributed by atoms with van der Waals surface area (Å²) in [6.07, 6.45) is 2.59. The van der Waals surface area contributed by atoms with Crippen molar-refractivity contribution < 1.29 is 19.5 Å². The van der Waals surface area contributed by atoms with Crippen molar-refractivity contribution in [2.24, 2.45) is 5.92 Å². The molecule has 0 saturated carbocycles. The molecule has 0 aromatic heterocycles. The molecule has 0 bridgehead atoms. The second-order valence-corrected chi connectivity index (χ2v) is 7.97. The molecule has 1 aromatic rings. The molecule has 6 nitrogen and oxygen atoms in total. The van der Waals surface area contributed by atoms with Gasteiger partial charge in [0.15, 0.2) is 0 Å². The van der Waals surface area contributed by atoms with Crippen LogP contribution in [0, 0.1) is 5.92 Å². The summed E-state index contributed by atoms with van der Waals surface area (Å²) in [5, 5.41) is 9.07. The maximum Gasteiger partial charge on any atom is 0.323 e. The molecule has 1 fully saturated rings. The van der Waals surface area contributed by atoms with E-state index in [0.29, 0.717) is 31.8 Å². The van der Waals surface area contributed by atoms with Crippen LogP contribution in [0.2, 0.25) is 0 Å². The fourth-order valence-corrected chi connectivity index (χ4v) is 4.04. The quantitative estimate of drug-likeness (QED) is 0.778. The lowest BCUT2D eigenvalue weighted by Crippen LogP contribution is -2.43. The number of benzene rings is 1. The summed E-state index contributed by atoms with van der Waals surface area (Å²) >= 11 is 0. The van der Waals surface area contributed by atoms with E-state index in [1.807, 2.05) is 23.1 Å². The molecule has 1 aromatic carbocycles. The second kappa shape index (κ2) is 10.2. The molecule has 1 saturated heterocycles. The van der Waals surface area contributed by atoms with Crippen molar-refractivity contribution in [3.05, 3.63) is 35.9 Å². The summed E-state index contributed by atoms with van der Waals surface area (Å²) in [7, 11) is 0. The molecule has 0 spiro atoms. The minimum absolute atomic E-state index is 0.124. The van der Waals surface area contributed by atoms with Crippen LogP contribution in [0.5, 0.6) is 0 Å². The van der Waals surface area contributed by atoms with Crippen LogP contribution in [0.15, 0.2) is 30.3 Å². The molecule has 2 amide bonds. The number of aliphatic carboxylic acids is 1. The molecule has 1 aliphatic rings. The van der Waals surface area contributed by atoms with Crippen molar-refractivity contribution in [1.29, 1.82) is 0 Å². The van der Waals surface area contributed by atoms with Gasteiger partial charge in [0.1, 0.15) is 6.54 Å². The van der Waals surface area contributed by atoms with Crippen LogP contribution < -0.4 is 0 Å². The maximum absolute atomic E-state index is 13.0. The highest BCUT2D eigenvalue weighted by Crippen LogP contribution is 2.29. The first kappa shape index (κ1) is 21.9. The number of hydrogen-bond donors (Lipinski definition) is 1. The smallest absolute Gasteiger partial charge is 0.323 e. The monoisotopic (exact) mass is 388 g/mol. The van der Waals surface area contributed by atoms with Gasteiger partial charge in [-0.05, 0) is 36.7 Å². The number of carboxylic acid groups (broad SMARTS) is 1. The van der Waals surface area contributed by atoms with Crippen molar-refractivity contribution >= 4 is 17.8 Å². The van der Waals surface area contributed by atoms with Crippen molar-refractivity contribution in [2.45, 2.75) is 58.4 Å². The molecular formula is C22H32N2O4. The SMILES string of the molecule is CC(=O)N(CC(=O)O)C1CCCN(C(=O)CC(c2ccccc2)C(C)C)CC1. The maximum atomic E-state index is 13.0. The number of amides is 2. The molecule has 1 heterocycles. The molecule has 2 unspecified atom stereocenters. The Morgan fingerprint density at radius 3 is 2.39 bits per heavy atom. The summed E-state index contributed by atoms with van der Waals surface area (Å²) in [5.74, 6) is -0.565. The van der Waals surface area contributed by atoms with Crippen molar-refractivity contribution in [3.8, 4) is 0 Å². The first-order valence-electron chi connectivity index (χ1n) is 10.1. The Labute approximate surface area is 167 Å². The van der Waals surface area contributed by atoms with E-state index in [4.69, 9.17) is 5.11 Å². The minimum Gasteiger partial charge on any atom is -0.480 e. The Morgan fingerprint density at radius 1 is 1.14 bits per heavy atom. The Kier molecular flexibility index (Phi) is 8.03. The van der Waals surface area contributed by atoms with Crippen LogP contribution in [-0.4, -0.2) is 58.4 Å². The van der Waals surface area contributed by atoms with Gasteiger partial charge in [0.25, 0.3) is 0 Å². The van der Waals surface area contributed by atoms with E-state index >= 15 is 0 Å². The first-order valence-corrected chi connectivity index (χ1v) is 10.1. The van der Waals surface area contributed by atoms with Gasteiger partial charge in [0.2, 0.25) is 11.8 Å². The Morgan fingerprint density at radius 2 is 1.82 bits per heavy atom. The number of rotatable bonds is 7. The molecule has 0 radical (unpaired) electrons. The van der Waals surface area contributed by atoms with Crippen LogP contribution in [0.1, 0.15) is 57.9 Å². The zero-order chi connectivity index (χ0) is 20.7. The Hall–Kier alpha value is -2.37. The van der Waals surface area contributed by atoms with Gasteiger partial charge < -0.3 is 14.9 Å². The molecule has 0 aliphatic carbocycles. The van der Waals surface area contributed by atoms with Crippen LogP contribution in [0.25, 0.3) is 0 Å². The molecule has 154 valence electrons. The van der Waals surface area contributed by atoms with Crippen LogP contribution >= 0.6 is 0 Å². The predicted molar refractivity (Wildman–Crippen MR) is 108 cm³/mol. The van der Waals surface area contributed by atoms with Gasteiger partial charge in [-0.1, -0.05) is 44.2 Å². The van der Waals surface area contributed by atoms with Crippen molar-refractivity contribution in [2.75, 3.05) is 19.6 Å². The lowest BCUT2D eigenvalue weighted by molar-refractivity contribution is -0.145. The van der Waals surface area contributed by atoms with Gasteiger partial charge in [-0.2, -0.15) is 0 Å². The third-order valence-electron chi connectivity index (χ3n) is 5.63. The van der Waals surface area contributed by atoms with Gasteiger partial charge in [0, 0.05) is 32.5 Å². The lowest BCUT2D eigenvalue weighted by atomic mass is 9.85. The second-order valence-electron chi connectivity index (χ2n) is 7.97. The molecule has 2 rings (SSSR count).